The highest BCUT2D eigenvalue weighted by atomic mass is 32.2. The van der Waals surface area contributed by atoms with Crippen LogP contribution in [0.3, 0.4) is 0 Å². The van der Waals surface area contributed by atoms with Gasteiger partial charge < -0.3 is 5.73 Å². The number of benzene rings is 2. The van der Waals surface area contributed by atoms with Gasteiger partial charge >= 0.3 is 0 Å². The lowest BCUT2D eigenvalue weighted by Gasteiger charge is -2.05. The van der Waals surface area contributed by atoms with E-state index in [1.165, 1.54) is 4.90 Å². The number of nitrogen functional groups attached to an aromatic ring is 1. The molecule has 132 valence electrons. The van der Waals surface area contributed by atoms with Crippen molar-refractivity contribution in [1.82, 2.24) is 0 Å². The fraction of sp³-hybridized carbons (Fsp3) is 0.333. The lowest BCUT2D eigenvalue weighted by Crippen LogP contribution is -2.05. The van der Waals surface area contributed by atoms with Gasteiger partial charge in [0.05, 0.1) is 0 Å². The van der Waals surface area contributed by atoms with Gasteiger partial charge in [-0.05, 0) is 49.3 Å². The summed E-state index contributed by atoms with van der Waals surface area (Å²) in [5.41, 5.74) is 8.25. The molecule has 0 spiro atoms. The molecule has 0 atom stereocenters. The van der Waals surface area contributed by atoms with Gasteiger partial charge in [-0.2, -0.15) is 0 Å². The van der Waals surface area contributed by atoms with Gasteiger partial charge in [0.2, 0.25) is 0 Å². The average molecular weight is 356 g/mol. The number of hydrogen-bond donors (Lipinski definition) is 1. The summed E-state index contributed by atoms with van der Waals surface area (Å²) in [5, 5.41) is 0. The number of thioether (sulfide) groups is 1. The first-order valence-electron chi connectivity index (χ1n) is 8.65. The molecule has 2 N–H and O–H groups in total. The molecule has 0 aliphatic rings. The Morgan fingerprint density at radius 3 is 2.36 bits per heavy atom. The average Bonchev–Trinajstić information content (AvgIpc) is 2.60. The Kier molecular flexibility index (Phi) is 7.74. The van der Waals surface area contributed by atoms with Crippen molar-refractivity contribution in [3.8, 4) is 0 Å². The van der Waals surface area contributed by atoms with E-state index in [0.717, 1.165) is 36.1 Å². The molecule has 0 aliphatic heterocycles. The van der Waals surface area contributed by atoms with Crippen LogP contribution in [0.2, 0.25) is 0 Å². The molecule has 0 amide bonds. The predicted octanol–water partition coefficient (Wildman–Crippen LogP) is 4.94. The van der Waals surface area contributed by atoms with Crippen molar-refractivity contribution in [2.24, 2.45) is 0 Å². The molecular formula is C21H25NO2S. The number of carbonyl (C=O) groups excluding carboxylic acids is 2. The van der Waals surface area contributed by atoms with Crippen molar-refractivity contribution in [1.29, 1.82) is 0 Å². The quantitative estimate of drug-likeness (QED) is 0.284. The molecule has 2 aromatic carbocycles. The number of Topliss-reactive ketones (excluding diaryl/α,β-unsaturated/α-hetero) is 2. The van der Waals surface area contributed by atoms with Gasteiger partial charge in [0.25, 0.3) is 0 Å². The number of unbranched alkanes of at least 4 members (excludes halogenated alkanes) is 2. The number of para-hydroxylation sites is 1. The van der Waals surface area contributed by atoms with E-state index in [-0.39, 0.29) is 11.6 Å². The van der Waals surface area contributed by atoms with Gasteiger partial charge in [-0.25, -0.2) is 0 Å². The van der Waals surface area contributed by atoms with E-state index in [9.17, 15) is 9.59 Å². The molecule has 0 saturated carbocycles. The van der Waals surface area contributed by atoms with Crippen LogP contribution in [0.4, 0.5) is 5.69 Å². The summed E-state index contributed by atoms with van der Waals surface area (Å²) < 4.78 is 0. The minimum absolute atomic E-state index is 0.0958. The molecule has 0 saturated heterocycles. The van der Waals surface area contributed by atoms with Crippen LogP contribution in [0.15, 0.2) is 53.4 Å². The van der Waals surface area contributed by atoms with Gasteiger partial charge in [-0.1, -0.05) is 36.8 Å². The van der Waals surface area contributed by atoms with Gasteiger partial charge in [0, 0.05) is 29.0 Å². The van der Waals surface area contributed by atoms with E-state index in [1.807, 2.05) is 48.5 Å². The fourth-order valence-corrected chi connectivity index (χ4v) is 3.49. The van der Waals surface area contributed by atoms with E-state index in [2.05, 4.69) is 0 Å². The monoisotopic (exact) mass is 355 g/mol. The Labute approximate surface area is 154 Å². The Bertz CT molecular complexity index is 710. The first-order valence-corrected chi connectivity index (χ1v) is 9.63. The second kappa shape index (κ2) is 10.0. The van der Waals surface area contributed by atoms with Crippen LogP contribution in [0.5, 0.6) is 0 Å². The van der Waals surface area contributed by atoms with Crippen molar-refractivity contribution >= 4 is 29.0 Å². The zero-order valence-corrected chi connectivity index (χ0v) is 15.5. The number of anilines is 1. The molecule has 0 aromatic heterocycles. The first-order chi connectivity index (χ1) is 12.1. The third-order valence-electron chi connectivity index (χ3n) is 4.07. The molecule has 0 unspecified atom stereocenters. The summed E-state index contributed by atoms with van der Waals surface area (Å²) >= 11 is 1.79. The van der Waals surface area contributed by atoms with Crippen molar-refractivity contribution in [3.63, 3.8) is 0 Å². The second-order valence-corrected chi connectivity index (χ2v) is 7.32. The third kappa shape index (κ3) is 6.75. The van der Waals surface area contributed by atoms with Crippen LogP contribution < -0.4 is 5.73 Å². The van der Waals surface area contributed by atoms with Crippen LogP contribution in [-0.2, 0) is 11.2 Å². The minimum Gasteiger partial charge on any atom is -0.398 e. The van der Waals surface area contributed by atoms with E-state index in [1.54, 1.807) is 18.7 Å². The number of ketones is 2. The van der Waals surface area contributed by atoms with Crippen molar-refractivity contribution in [2.75, 3.05) is 11.5 Å². The predicted molar refractivity (Wildman–Crippen MR) is 105 cm³/mol. The van der Waals surface area contributed by atoms with Crippen molar-refractivity contribution < 1.29 is 9.59 Å². The highest BCUT2D eigenvalue weighted by Crippen LogP contribution is 2.21. The summed E-state index contributed by atoms with van der Waals surface area (Å²) in [7, 11) is 0. The van der Waals surface area contributed by atoms with Gasteiger partial charge in [-0.15, -0.1) is 11.8 Å². The SMILES string of the molecule is CC(=O)c1ccc(SCCCCCC(=O)Cc2ccccc2N)cc1. The summed E-state index contributed by atoms with van der Waals surface area (Å²) in [6.45, 7) is 1.58. The Morgan fingerprint density at radius 2 is 1.68 bits per heavy atom. The van der Waals surface area contributed by atoms with E-state index >= 15 is 0 Å². The number of hydrogen-bond acceptors (Lipinski definition) is 4. The molecule has 0 aliphatic carbocycles. The lowest BCUT2D eigenvalue weighted by atomic mass is 10.0. The molecule has 0 bridgehead atoms. The Morgan fingerprint density at radius 1 is 0.960 bits per heavy atom. The summed E-state index contributed by atoms with van der Waals surface area (Å²) in [6, 6.07) is 15.3. The van der Waals surface area contributed by atoms with Crippen LogP contribution in [0.25, 0.3) is 0 Å². The molecule has 0 fully saturated rings. The van der Waals surface area contributed by atoms with Gasteiger partial charge in [0.15, 0.2) is 5.78 Å². The summed E-state index contributed by atoms with van der Waals surface area (Å²) in [6.07, 6.45) is 4.11. The lowest BCUT2D eigenvalue weighted by molar-refractivity contribution is -0.118. The first kappa shape index (κ1) is 19.3. The normalized spacial score (nSPS) is 10.6. The molecule has 0 radical (unpaired) electrons. The largest absolute Gasteiger partial charge is 0.398 e. The van der Waals surface area contributed by atoms with Crippen molar-refractivity contribution in [2.45, 2.75) is 43.9 Å². The zero-order chi connectivity index (χ0) is 18.1. The van der Waals surface area contributed by atoms with Crippen LogP contribution in [-0.4, -0.2) is 17.3 Å². The molecule has 2 aromatic rings. The Balaban J connectivity index is 1.59. The Hall–Kier alpha value is -2.07. The molecule has 25 heavy (non-hydrogen) atoms. The molecule has 2 rings (SSSR count). The molecular weight excluding hydrogens is 330 g/mol. The maximum atomic E-state index is 12.0. The maximum absolute atomic E-state index is 12.0. The minimum atomic E-state index is 0.0958. The number of nitrogens with two attached hydrogens (primary N) is 1. The molecule has 3 nitrogen and oxygen atoms in total. The van der Waals surface area contributed by atoms with E-state index in [4.69, 9.17) is 5.73 Å². The standard InChI is InChI=1S/C21H25NO2S/c1-16(23)17-10-12-20(13-11-17)25-14-6-2-3-8-19(24)15-18-7-4-5-9-21(18)22/h4-5,7,9-13H,2-3,6,8,14-15,22H2,1H3. The summed E-state index contributed by atoms with van der Waals surface area (Å²) in [4.78, 5) is 24.4. The van der Waals surface area contributed by atoms with Gasteiger partial charge in [-0.3, -0.25) is 9.59 Å². The topological polar surface area (TPSA) is 60.2 Å². The summed E-state index contributed by atoms with van der Waals surface area (Å²) in [5.74, 6) is 1.38. The molecule has 0 heterocycles. The zero-order valence-electron chi connectivity index (χ0n) is 14.7. The fourth-order valence-electron chi connectivity index (χ4n) is 2.57. The number of carbonyl (C=O) groups is 2. The highest BCUT2D eigenvalue weighted by molar-refractivity contribution is 7.99. The number of rotatable bonds is 10. The van der Waals surface area contributed by atoms with Crippen molar-refractivity contribution in [3.05, 3.63) is 59.7 Å². The van der Waals surface area contributed by atoms with Crippen LogP contribution >= 0.6 is 11.8 Å². The highest BCUT2D eigenvalue weighted by Gasteiger charge is 2.06. The maximum Gasteiger partial charge on any atom is 0.159 e. The van der Waals surface area contributed by atoms with Crippen LogP contribution in [0.1, 0.15) is 48.5 Å². The van der Waals surface area contributed by atoms with Gasteiger partial charge in [0.1, 0.15) is 5.78 Å². The van der Waals surface area contributed by atoms with E-state index in [0.29, 0.717) is 18.5 Å². The third-order valence-corrected chi connectivity index (χ3v) is 5.17. The molecule has 4 heteroatoms. The second-order valence-electron chi connectivity index (χ2n) is 6.15. The smallest absolute Gasteiger partial charge is 0.159 e. The van der Waals surface area contributed by atoms with Crippen LogP contribution in [0, 0.1) is 0 Å². The van der Waals surface area contributed by atoms with E-state index < -0.39 is 0 Å².